The Labute approximate surface area is 97.9 Å². The molecule has 0 bridgehead atoms. The molecule has 1 aromatic carbocycles. The van der Waals surface area contributed by atoms with E-state index in [4.69, 9.17) is 9.47 Å². The monoisotopic (exact) mass is 239 g/mol. The first kappa shape index (κ1) is 10.3. The third-order valence-electron chi connectivity index (χ3n) is 2.96. The Kier molecular flexibility index (Phi) is 2.46. The first-order valence-electron chi connectivity index (χ1n) is 5.19. The van der Waals surface area contributed by atoms with Crippen molar-refractivity contribution in [3.05, 3.63) is 17.2 Å². The molecule has 0 aliphatic carbocycles. The van der Waals surface area contributed by atoms with Crippen molar-refractivity contribution in [1.29, 1.82) is 0 Å². The van der Waals surface area contributed by atoms with E-state index in [-0.39, 0.29) is 6.79 Å². The number of rotatable bonds is 1. The normalized spacial score (nSPS) is 22.0. The maximum absolute atomic E-state index is 9.94. The zero-order valence-electron chi connectivity index (χ0n) is 8.95. The average Bonchev–Trinajstić information content (AvgIpc) is 2.75. The molecule has 0 spiro atoms. The Morgan fingerprint density at radius 1 is 1.50 bits per heavy atom. The number of thioether (sulfide) groups is 1. The van der Waals surface area contributed by atoms with Gasteiger partial charge in [-0.1, -0.05) is 0 Å². The fourth-order valence-corrected chi connectivity index (χ4v) is 2.99. The van der Waals surface area contributed by atoms with E-state index < -0.39 is 6.10 Å². The molecule has 2 aliphatic heterocycles. The molecule has 0 unspecified atom stereocenters. The molecule has 5 heteroatoms. The van der Waals surface area contributed by atoms with Crippen molar-refractivity contribution in [2.75, 3.05) is 19.6 Å². The lowest BCUT2D eigenvalue weighted by atomic mass is 9.98. The zero-order chi connectivity index (χ0) is 11.1. The number of ether oxygens (including phenoxy) is 2. The number of benzene rings is 1. The number of nitrogens with one attached hydrogen (secondary N) is 1. The molecule has 16 heavy (non-hydrogen) atoms. The first-order valence-corrected chi connectivity index (χ1v) is 6.42. The molecule has 0 saturated carbocycles. The summed E-state index contributed by atoms with van der Waals surface area (Å²) in [6.45, 7) is 1.65. The van der Waals surface area contributed by atoms with E-state index in [1.54, 1.807) is 11.8 Å². The highest BCUT2D eigenvalue weighted by atomic mass is 32.2. The summed E-state index contributed by atoms with van der Waals surface area (Å²) in [4.78, 5) is 1.08. The molecule has 0 radical (unpaired) electrons. The Morgan fingerprint density at radius 2 is 2.38 bits per heavy atom. The lowest BCUT2D eigenvalue weighted by molar-refractivity contribution is 0.163. The van der Waals surface area contributed by atoms with Crippen molar-refractivity contribution in [3.63, 3.8) is 0 Å². The number of aliphatic hydroxyl groups excluding tert-OH is 1. The molecule has 0 saturated heterocycles. The second-order valence-corrected chi connectivity index (χ2v) is 4.67. The molecule has 2 aliphatic rings. The van der Waals surface area contributed by atoms with Crippen molar-refractivity contribution in [1.82, 2.24) is 5.32 Å². The minimum absolute atomic E-state index is 0.273. The van der Waals surface area contributed by atoms with Crippen molar-refractivity contribution >= 4 is 11.8 Å². The van der Waals surface area contributed by atoms with Crippen molar-refractivity contribution in [2.24, 2.45) is 0 Å². The number of fused-ring (bicyclic) bond motifs is 2. The number of hydrogen-bond acceptors (Lipinski definition) is 5. The van der Waals surface area contributed by atoms with Crippen molar-refractivity contribution < 1.29 is 14.6 Å². The third kappa shape index (κ3) is 1.39. The Morgan fingerprint density at radius 3 is 3.19 bits per heavy atom. The van der Waals surface area contributed by atoms with Crippen LogP contribution in [0.5, 0.6) is 11.5 Å². The van der Waals surface area contributed by atoms with Crippen LogP contribution in [0.2, 0.25) is 0 Å². The molecule has 0 amide bonds. The summed E-state index contributed by atoms with van der Waals surface area (Å²) in [6, 6.07) is 1.91. The molecule has 3 rings (SSSR count). The second-order valence-electron chi connectivity index (χ2n) is 3.86. The van der Waals surface area contributed by atoms with Gasteiger partial charge >= 0.3 is 0 Å². The quantitative estimate of drug-likeness (QED) is 0.723. The SMILES string of the molecule is CSc1c2c(cc3c1OCO3)[C@@H](O)CNC2. The third-order valence-corrected chi connectivity index (χ3v) is 3.80. The highest BCUT2D eigenvalue weighted by Gasteiger charge is 2.28. The van der Waals surface area contributed by atoms with E-state index in [2.05, 4.69) is 5.32 Å². The fraction of sp³-hybridized carbons (Fsp3) is 0.455. The van der Waals surface area contributed by atoms with Gasteiger partial charge in [0.1, 0.15) is 0 Å². The largest absolute Gasteiger partial charge is 0.454 e. The topological polar surface area (TPSA) is 50.7 Å². The van der Waals surface area contributed by atoms with Crippen LogP contribution in [-0.2, 0) is 6.54 Å². The Hall–Kier alpha value is -0.910. The van der Waals surface area contributed by atoms with E-state index >= 15 is 0 Å². The molecule has 1 aromatic rings. The van der Waals surface area contributed by atoms with E-state index in [0.717, 1.165) is 34.1 Å². The standard InChI is InChI=1S/C11H13NO3S/c1-16-11-7-3-12-4-8(13)6(7)2-9-10(11)15-5-14-9/h2,8,12-13H,3-5H2,1H3/t8-/m0/s1. The highest BCUT2D eigenvalue weighted by molar-refractivity contribution is 7.98. The number of aliphatic hydroxyl groups is 1. The summed E-state index contributed by atoms with van der Waals surface area (Å²) >= 11 is 1.63. The van der Waals surface area contributed by atoms with Gasteiger partial charge in [-0.15, -0.1) is 11.8 Å². The van der Waals surface area contributed by atoms with Gasteiger partial charge in [-0.3, -0.25) is 0 Å². The van der Waals surface area contributed by atoms with Crippen molar-refractivity contribution in [3.8, 4) is 11.5 Å². The van der Waals surface area contributed by atoms with Crippen LogP contribution in [0.4, 0.5) is 0 Å². The number of hydrogen-bond donors (Lipinski definition) is 2. The van der Waals surface area contributed by atoms with Gasteiger partial charge in [0.25, 0.3) is 0 Å². The summed E-state index contributed by atoms with van der Waals surface area (Å²) in [7, 11) is 0. The second kappa shape index (κ2) is 3.84. The van der Waals surface area contributed by atoms with Crippen LogP contribution in [0.15, 0.2) is 11.0 Å². The Bertz CT molecular complexity index is 436. The predicted octanol–water partition coefficient (Wildman–Crippen LogP) is 1.27. The van der Waals surface area contributed by atoms with E-state index in [1.165, 1.54) is 0 Å². The van der Waals surface area contributed by atoms with E-state index in [0.29, 0.717) is 6.54 Å². The lowest BCUT2D eigenvalue weighted by Gasteiger charge is -2.25. The van der Waals surface area contributed by atoms with Crippen LogP contribution >= 0.6 is 11.8 Å². The van der Waals surface area contributed by atoms with Gasteiger partial charge in [-0.25, -0.2) is 0 Å². The van der Waals surface area contributed by atoms with Crippen LogP contribution in [0.1, 0.15) is 17.2 Å². The number of β-amino-alcohol motifs (C(OH)–C–C–N with tert-alkyl or cyclic N) is 1. The molecule has 1 atom stereocenters. The molecule has 2 N–H and O–H groups in total. The molecular formula is C11H13NO3S. The maximum atomic E-state index is 9.94. The molecule has 86 valence electrons. The summed E-state index contributed by atoms with van der Waals surface area (Å²) in [6.07, 6.45) is 1.56. The molecule has 0 fully saturated rings. The van der Waals surface area contributed by atoms with Crippen LogP contribution in [0.3, 0.4) is 0 Å². The van der Waals surface area contributed by atoms with Crippen LogP contribution in [0.25, 0.3) is 0 Å². The van der Waals surface area contributed by atoms with Gasteiger partial charge < -0.3 is 19.9 Å². The van der Waals surface area contributed by atoms with Gasteiger partial charge in [-0.05, 0) is 23.4 Å². The van der Waals surface area contributed by atoms with Gasteiger partial charge in [0.2, 0.25) is 6.79 Å². The van der Waals surface area contributed by atoms with Gasteiger partial charge in [0, 0.05) is 13.1 Å². The van der Waals surface area contributed by atoms with Crippen LogP contribution < -0.4 is 14.8 Å². The summed E-state index contributed by atoms with van der Waals surface area (Å²) < 4.78 is 10.9. The lowest BCUT2D eigenvalue weighted by Crippen LogP contribution is -2.28. The maximum Gasteiger partial charge on any atom is 0.231 e. The Balaban J connectivity index is 2.21. The van der Waals surface area contributed by atoms with Crippen LogP contribution in [0, 0.1) is 0 Å². The molecule has 4 nitrogen and oxygen atoms in total. The van der Waals surface area contributed by atoms with Crippen molar-refractivity contribution in [2.45, 2.75) is 17.5 Å². The molecule has 0 aromatic heterocycles. The summed E-state index contributed by atoms with van der Waals surface area (Å²) in [5, 5.41) is 13.1. The fourth-order valence-electron chi connectivity index (χ4n) is 2.21. The van der Waals surface area contributed by atoms with Gasteiger partial charge in [0.05, 0.1) is 11.0 Å². The predicted molar refractivity (Wildman–Crippen MR) is 61.0 cm³/mol. The van der Waals surface area contributed by atoms with E-state index in [1.807, 2.05) is 12.3 Å². The molecule has 2 heterocycles. The molecular weight excluding hydrogens is 226 g/mol. The summed E-state index contributed by atoms with van der Waals surface area (Å²) in [5.74, 6) is 1.58. The van der Waals surface area contributed by atoms with Crippen LogP contribution in [-0.4, -0.2) is 24.7 Å². The minimum Gasteiger partial charge on any atom is -0.454 e. The highest BCUT2D eigenvalue weighted by Crippen LogP contribution is 2.46. The smallest absolute Gasteiger partial charge is 0.231 e. The van der Waals surface area contributed by atoms with Gasteiger partial charge in [-0.2, -0.15) is 0 Å². The zero-order valence-corrected chi connectivity index (χ0v) is 9.76. The average molecular weight is 239 g/mol. The minimum atomic E-state index is -0.454. The first-order chi connectivity index (χ1) is 7.81. The van der Waals surface area contributed by atoms with E-state index in [9.17, 15) is 5.11 Å². The van der Waals surface area contributed by atoms with Gasteiger partial charge in [0.15, 0.2) is 11.5 Å². The summed E-state index contributed by atoms with van der Waals surface area (Å²) in [5.41, 5.74) is 2.10.